The van der Waals surface area contributed by atoms with Gasteiger partial charge in [-0.15, -0.1) is 0 Å². The molecule has 2 aliphatic heterocycles. The Bertz CT molecular complexity index is 534. The van der Waals surface area contributed by atoms with E-state index in [9.17, 15) is 10.1 Å². The molecule has 0 spiro atoms. The van der Waals surface area contributed by atoms with Crippen LogP contribution >= 0.6 is 0 Å². The maximum atomic E-state index is 12.1. The van der Waals surface area contributed by atoms with Crippen molar-refractivity contribution in [3.05, 3.63) is 30.3 Å². The molecule has 1 atom stereocenters. The Kier molecular flexibility index (Phi) is 3.33. The molecule has 2 saturated heterocycles. The van der Waals surface area contributed by atoms with E-state index in [2.05, 4.69) is 11.0 Å². The lowest BCUT2D eigenvalue weighted by atomic mass is 10.0. The van der Waals surface area contributed by atoms with E-state index < -0.39 is 11.8 Å². The van der Waals surface area contributed by atoms with Crippen molar-refractivity contribution in [2.24, 2.45) is 0 Å². The number of benzene rings is 1. The van der Waals surface area contributed by atoms with Gasteiger partial charge in [0.1, 0.15) is 12.7 Å². The number of carbonyl (C=O) groups is 1. The monoisotopic (exact) mass is 271 g/mol. The Morgan fingerprint density at radius 1 is 1.15 bits per heavy atom. The number of nitrogens with zero attached hydrogens (tertiary/aromatic N) is 3. The summed E-state index contributed by atoms with van der Waals surface area (Å²) < 4.78 is 5.20. The Hall–Kier alpha value is -2.06. The zero-order valence-electron chi connectivity index (χ0n) is 11.3. The second-order valence-corrected chi connectivity index (χ2v) is 5.20. The van der Waals surface area contributed by atoms with E-state index in [0.717, 1.165) is 25.9 Å². The first-order valence-corrected chi connectivity index (χ1v) is 6.96. The second kappa shape index (κ2) is 5.14. The summed E-state index contributed by atoms with van der Waals surface area (Å²) in [6.45, 7) is 1.76. The van der Waals surface area contributed by atoms with E-state index in [-0.39, 0.29) is 6.61 Å². The molecule has 5 heteroatoms. The van der Waals surface area contributed by atoms with Crippen molar-refractivity contribution in [1.82, 2.24) is 4.90 Å². The number of cyclic esters (lactones) is 1. The van der Waals surface area contributed by atoms with E-state index in [1.54, 1.807) is 0 Å². The van der Waals surface area contributed by atoms with Gasteiger partial charge in [0.15, 0.2) is 0 Å². The molecule has 0 bridgehead atoms. The molecule has 1 aromatic rings. The SMILES string of the molecule is N#CC1(N2CCCCC2)COC(=O)N1c1ccccc1. The standard InChI is InChI=1S/C15H17N3O2/c16-11-15(17-9-5-2-6-10-17)12-20-14(19)18(15)13-7-3-1-4-8-13/h1,3-4,7-8H,2,5-6,9-10,12H2. The predicted octanol–water partition coefficient (Wildman–Crippen LogP) is 2.35. The van der Waals surface area contributed by atoms with E-state index in [0.29, 0.717) is 5.69 Å². The van der Waals surface area contributed by atoms with Gasteiger partial charge < -0.3 is 4.74 Å². The maximum Gasteiger partial charge on any atom is 0.416 e. The normalized spacial score (nSPS) is 27.1. The first kappa shape index (κ1) is 12.9. The third kappa shape index (κ3) is 1.93. The molecular weight excluding hydrogens is 254 g/mol. The third-order valence-corrected chi connectivity index (χ3v) is 4.02. The fourth-order valence-corrected chi connectivity index (χ4v) is 2.99. The van der Waals surface area contributed by atoms with Gasteiger partial charge >= 0.3 is 6.09 Å². The number of rotatable bonds is 2. The molecule has 2 fully saturated rings. The highest BCUT2D eigenvalue weighted by Gasteiger charge is 2.53. The van der Waals surface area contributed by atoms with E-state index in [4.69, 9.17) is 4.74 Å². The van der Waals surface area contributed by atoms with Crippen LogP contribution in [0.15, 0.2) is 30.3 Å². The van der Waals surface area contributed by atoms with Gasteiger partial charge in [-0.2, -0.15) is 5.26 Å². The number of likely N-dealkylation sites (tertiary alicyclic amines) is 1. The average molecular weight is 271 g/mol. The van der Waals surface area contributed by atoms with Crippen LogP contribution in [0.2, 0.25) is 0 Å². The summed E-state index contributed by atoms with van der Waals surface area (Å²) in [5, 5.41) is 9.75. The van der Waals surface area contributed by atoms with Crippen LogP contribution in [0, 0.1) is 11.3 Å². The number of hydrogen-bond donors (Lipinski definition) is 0. The van der Waals surface area contributed by atoms with Crippen LogP contribution in [0.4, 0.5) is 10.5 Å². The van der Waals surface area contributed by atoms with Crippen molar-refractivity contribution in [3.63, 3.8) is 0 Å². The van der Waals surface area contributed by atoms with Gasteiger partial charge in [-0.3, -0.25) is 4.90 Å². The fourth-order valence-electron chi connectivity index (χ4n) is 2.99. The maximum absolute atomic E-state index is 12.1. The minimum atomic E-state index is -1.00. The lowest BCUT2D eigenvalue weighted by Crippen LogP contribution is -2.60. The van der Waals surface area contributed by atoms with Crippen molar-refractivity contribution in [2.75, 3.05) is 24.6 Å². The highest BCUT2D eigenvalue weighted by molar-refractivity contribution is 5.92. The lowest BCUT2D eigenvalue weighted by molar-refractivity contribution is 0.0931. The lowest BCUT2D eigenvalue weighted by Gasteiger charge is -2.41. The van der Waals surface area contributed by atoms with Gasteiger partial charge in [0.05, 0.1) is 5.69 Å². The topological polar surface area (TPSA) is 56.6 Å². The Morgan fingerprint density at radius 3 is 2.50 bits per heavy atom. The smallest absolute Gasteiger partial charge is 0.416 e. The molecule has 2 aliphatic rings. The summed E-state index contributed by atoms with van der Waals surface area (Å²) in [4.78, 5) is 15.7. The van der Waals surface area contributed by atoms with Crippen molar-refractivity contribution in [1.29, 1.82) is 5.26 Å². The molecule has 2 heterocycles. The van der Waals surface area contributed by atoms with Crippen molar-refractivity contribution < 1.29 is 9.53 Å². The van der Waals surface area contributed by atoms with Crippen LogP contribution in [-0.4, -0.2) is 36.4 Å². The molecule has 0 saturated carbocycles. The molecule has 3 rings (SSSR count). The van der Waals surface area contributed by atoms with Gasteiger partial charge in [0.2, 0.25) is 5.66 Å². The summed E-state index contributed by atoms with van der Waals surface area (Å²) in [5.41, 5.74) is -0.291. The molecule has 1 aromatic carbocycles. The summed E-state index contributed by atoms with van der Waals surface area (Å²) in [5.74, 6) is 0. The van der Waals surface area contributed by atoms with Crippen molar-refractivity contribution in [3.8, 4) is 6.07 Å². The summed E-state index contributed by atoms with van der Waals surface area (Å²) in [7, 11) is 0. The minimum Gasteiger partial charge on any atom is -0.444 e. The quantitative estimate of drug-likeness (QED) is 0.828. The van der Waals surface area contributed by atoms with Gasteiger partial charge in [0.25, 0.3) is 0 Å². The van der Waals surface area contributed by atoms with E-state index in [1.165, 1.54) is 11.3 Å². The number of piperidine rings is 1. The Morgan fingerprint density at radius 2 is 1.85 bits per heavy atom. The Labute approximate surface area is 118 Å². The molecule has 1 amide bonds. The van der Waals surface area contributed by atoms with Crippen LogP contribution in [0.3, 0.4) is 0 Å². The zero-order valence-corrected chi connectivity index (χ0v) is 11.3. The molecular formula is C15H17N3O2. The number of hydrogen-bond acceptors (Lipinski definition) is 4. The first-order valence-electron chi connectivity index (χ1n) is 6.96. The molecule has 0 N–H and O–H groups in total. The first-order chi connectivity index (χ1) is 9.78. The molecule has 0 radical (unpaired) electrons. The van der Waals surface area contributed by atoms with Gasteiger partial charge in [-0.05, 0) is 25.0 Å². The highest BCUT2D eigenvalue weighted by Crippen LogP contribution is 2.34. The van der Waals surface area contributed by atoms with Gasteiger partial charge in [0, 0.05) is 13.1 Å². The van der Waals surface area contributed by atoms with Crippen LogP contribution < -0.4 is 4.90 Å². The average Bonchev–Trinajstić information content (AvgIpc) is 2.87. The molecule has 20 heavy (non-hydrogen) atoms. The number of ether oxygens (including phenoxy) is 1. The third-order valence-electron chi connectivity index (χ3n) is 4.02. The van der Waals surface area contributed by atoms with Crippen LogP contribution in [0.25, 0.3) is 0 Å². The molecule has 5 nitrogen and oxygen atoms in total. The molecule has 0 aromatic heterocycles. The van der Waals surface area contributed by atoms with Crippen molar-refractivity contribution >= 4 is 11.8 Å². The highest BCUT2D eigenvalue weighted by atomic mass is 16.6. The fraction of sp³-hybridized carbons (Fsp3) is 0.467. The number of para-hydroxylation sites is 1. The van der Waals surface area contributed by atoms with Crippen molar-refractivity contribution in [2.45, 2.75) is 24.9 Å². The second-order valence-electron chi connectivity index (χ2n) is 5.20. The molecule has 1 unspecified atom stereocenters. The summed E-state index contributed by atoms with van der Waals surface area (Å²) in [6, 6.07) is 11.6. The van der Waals surface area contributed by atoms with E-state index in [1.807, 2.05) is 30.3 Å². The number of amides is 1. The summed E-state index contributed by atoms with van der Waals surface area (Å²) >= 11 is 0. The summed E-state index contributed by atoms with van der Waals surface area (Å²) in [6.07, 6.45) is 2.85. The van der Waals surface area contributed by atoms with Crippen LogP contribution in [0.5, 0.6) is 0 Å². The number of anilines is 1. The number of nitriles is 1. The van der Waals surface area contributed by atoms with Gasteiger partial charge in [-0.25, -0.2) is 9.69 Å². The van der Waals surface area contributed by atoms with Gasteiger partial charge in [-0.1, -0.05) is 24.6 Å². The molecule has 0 aliphatic carbocycles. The minimum absolute atomic E-state index is 0.108. The van der Waals surface area contributed by atoms with Crippen LogP contribution in [0.1, 0.15) is 19.3 Å². The van der Waals surface area contributed by atoms with Crippen LogP contribution in [-0.2, 0) is 4.74 Å². The predicted molar refractivity (Wildman–Crippen MR) is 74.0 cm³/mol. The molecule has 104 valence electrons. The van der Waals surface area contributed by atoms with E-state index >= 15 is 0 Å². The number of carbonyl (C=O) groups excluding carboxylic acids is 1. The zero-order chi connectivity index (χ0) is 14.0. The Balaban J connectivity index is 2.00. The largest absolute Gasteiger partial charge is 0.444 e.